The predicted octanol–water partition coefficient (Wildman–Crippen LogP) is 2.95. The lowest BCUT2D eigenvalue weighted by Gasteiger charge is -2.24. The fourth-order valence-electron chi connectivity index (χ4n) is 3.13. The Morgan fingerprint density at radius 3 is 2.57 bits per heavy atom. The second-order valence-corrected chi connectivity index (χ2v) is 6.41. The van der Waals surface area contributed by atoms with Gasteiger partial charge >= 0.3 is 0 Å². The summed E-state index contributed by atoms with van der Waals surface area (Å²) in [6.07, 6.45) is 2.61. The molecule has 1 atom stereocenters. The Balaban J connectivity index is 1.93. The molecule has 23 heavy (non-hydrogen) atoms. The van der Waals surface area contributed by atoms with E-state index in [2.05, 4.69) is 46.1 Å². The Hall–Kier alpha value is -2.14. The molecule has 1 aromatic heterocycles. The molecule has 5 heteroatoms. The van der Waals surface area contributed by atoms with Crippen LogP contribution in [0, 0.1) is 0 Å². The van der Waals surface area contributed by atoms with Crippen molar-refractivity contribution in [3.8, 4) is 11.3 Å². The second kappa shape index (κ2) is 6.54. The Morgan fingerprint density at radius 2 is 1.87 bits per heavy atom. The first-order valence-corrected chi connectivity index (χ1v) is 8.21. The molecule has 0 radical (unpaired) electrons. The van der Waals surface area contributed by atoms with Crippen LogP contribution in [0.2, 0.25) is 0 Å². The van der Waals surface area contributed by atoms with Crippen molar-refractivity contribution in [1.82, 2.24) is 14.9 Å². The van der Waals surface area contributed by atoms with Crippen molar-refractivity contribution in [2.45, 2.75) is 25.8 Å². The lowest BCUT2D eigenvalue weighted by molar-refractivity contribution is 0.263. The van der Waals surface area contributed by atoms with Gasteiger partial charge in [0.1, 0.15) is 5.82 Å². The van der Waals surface area contributed by atoms with Gasteiger partial charge in [0.05, 0.1) is 5.69 Å². The molecular weight excluding hydrogens is 286 g/mol. The molecule has 0 spiro atoms. The van der Waals surface area contributed by atoms with Crippen LogP contribution in [0.3, 0.4) is 0 Å². The van der Waals surface area contributed by atoms with Gasteiger partial charge in [-0.15, -0.1) is 0 Å². The molecule has 0 unspecified atom stereocenters. The zero-order chi connectivity index (χ0) is 16.4. The minimum atomic E-state index is 0.309. The first kappa shape index (κ1) is 15.7. The highest BCUT2D eigenvalue weighted by molar-refractivity contribution is 5.65. The summed E-state index contributed by atoms with van der Waals surface area (Å²) in [5, 5.41) is 0. The van der Waals surface area contributed by atoms with E-state index in [0.29, 0.717) is 12.0 Å². The van der Waals surface area contributed by atoms with E-state index in [4.69, 9.17) is 5.73 Å². The molecule has 1 aliphatic heterocycles. The normalized spacial score (nSPS) is 16.5. The third-order valence-electron chi connectivity index (χ3n) is 4.54. The Labute approximate surface area is 138 Å². The van der Waals surface area contributed by atoms with Gasteiger partial charge in [0, 0.05) is 31.8 Å². The monoisotopic (exact) mass is 311 g/mol. The van der Waals surface area contributed by atoms with Crippen LogP contribution < -0.4 is 10.6 Å². The van der Waals surface area contributed by atoms with E-state index in [9.17, 15) is 0 Å². The van der Waals surface area contributed by atoms with Gasteiger partial charge in [-0.2, -0.15) is 4.98 Å². The summed E-state index contributed by atoms with van der Waals surface area (Å²) >= 11 is 0. The molecule has 0 bridgehead atoms. The molecule has 5 nitrogen and oxygen atoms in total. The molecule has 122 valence electrons. The standard InChI is InChI=1S/C18H25N5/c1-13(23-9-4-5-10-23)14-7-6-8-15(11-14)16-12-17(22(2)3)21-18(19)20-16/h6-8,11-13H,4-5,9-10H2,1-3H3,(H2,19,20,21)/t13-/m0/s1. The quantitative estimate of drug-likeness (QED) is 0.941. The zero-order valence-electron chi connectivity index (χ0n) is 14.2. The number of nitrogen functional groups attached to an aromatic ring is 1. The predicted molar refractivity (Wildman–Crippen MR) is 95.4 cm³/mol. The topological polar surface area (TPSA) is 58.3 Å². The summed E-state index contributed by atoms with van der Waals surface area (Å²) in [6, 6.07) is 11.0. The molecule has 3 rings (SSSR count). The smallest absolute Gasteiger partial charge is 0.222 e. The van der Waals surface area contributed by atoms with Crippen LogP contribution in [0.5, 0.6) is 0 Å². The molecule has 1 fully saturated rings. The molecule has 2 N–H and O–H groups in total. The molecule has 2 aromatic rings. The largest absolute Gasteiger partial charge is 0.368 e. The number of hydrogen-bond donors (Lipinski definition) is 1. The van der Waals surface area contributed by atoms with Crippen molar-refractivity contribution in [2.24, 2.45) is 0 Å². The number of rotatable bonds is 4. The highest BCUT2D eigenvalue weighted by atomic mass is 15.2. The van der Waals surface area contributed by atoms with Gasteiger partial charge in [-0.25, -0.2) is 4.98 Å². The maximum atomic E-state index is 5.87. The van der Waals surface area contributed by atoms with Crippen LogP contribution in [0.1, 0.15) is 31.4 Å². The fourth-order valence-corrected chi connectivity index (χ4v) is 3.13. The van der Waals surface area contributed by atoms with Crippen molar-refractivity contribution in [3.05, 3.63) is 35.9 Å². The van der Waals surface area contributed by atoms with E-state index in [1.54, 1.807) is 0 Å². The average molecular weight is 311 g/mol. The summed E-state index contributed by atoms with van der Waals surface area (Å²) in [4.78, 5) is 13.2. The molecule has 0 amide bonds. The zero-order valence-corrected chi connectivity index (χ0v) is 14.2. The van der Waals surface area contributed by atoms with Gasteiger partial charge < -0.3 is 10.6 Å². The highest BCUT2D eigenvalue weighted by Crippen LogP contribution is 2.28. The summed E-state index contributed by atoms with van der Waals surface area (Å²) < 4.78 is 0. The lowest BCUT2D eigenvalue weighted by Crippen LogP contribution is -2.23. The van der Waals surface area contributed by atoms with E-state index in [1.807, 2.05) is 25.1 Å². The van der Waals surface area contributed by atoms with Gasteiger partial charge in [0.2, 0.25) is 5.95 Å². The van der Waals surface area contributed by atoms with Gasteiger partial charge in [-0.05, 0) is 44.5 Å². The minimum absolute atomic E-state index is 0.309. The molecule has 0 saturated carbocycles. The number of hydrogen-bond acceptors (Lipinski definition) is 5. The second-order valence-electron chi connectivity index (χ2n) is 6.41. The van der Waals surface area contributed by atoms with Crippen molar-refractivity contribution >= 4 is 11.8 Å². The van der Waals surface area contributed by atoms with Gasteiger partial charge in [0.15, 0.2) is 0 Å². The van der Waals surface area contributed by atoms with Crippen LogP contribution in [0.25, 0.3) is 11.3 Å². The minimum Gasteiger partial charge on any atom is -0.368 e. The molecule has 1 saturated heterocycles. The van der Waals surface area contributed by atoms with Crippen LogP contribution >= 0.6 is 0 Å². The molecule has 1 aliphatic rings. The van der Waals surface area contributed by atoms with E-state index in [0.717, 1.165) is 17.1 Å². The van der Waals surface area contributed by atoms with E-state index >= 15 is 0 Å². The summed E-state index contributed by atoms with van der Waals surface area (Å²) in [7, 11) is 3.91. The number of anilines is 2. The fraction of sp³-hybridized carbons (Fsp3) is 0.444. The van der Waals surface area contributed by atoms with Crippen molar-refractivity contribution in [3.63, 3.8) is 0 Å². The van der Waals surface area contributed by atoms with Crippen LogP contribution in [-0.4, -0.2) is 42.1 Å². The first-order valence-electron chi connectivity index (χ1n) is 8.21. The third-order valence-corrected chi connectivity index (χ3v) is 4.54. The summed E-state index contributed by atoms with van der Waals surface area (Å²) in [5.74, 6) is 1.13. The van der Waals surface area contributed by atoms with Crippen molar-refractivity contribution < 1.29 is 0 Å². The van der Waals surface area contributed by atoms with E-state index in [1.165, 1.54) is 31.5 Å². The van der Waals surface area contributed by atoms with Gasteiger partial charge in [0.25, 0.3) is 0 Å². The van der Waals surface area contributed by atoms with E-state index in [-0.39, 0.29) is 0 Å². The average Bonchev–Trinajstić information content (AvgIpc) is 3.08. The SMILES string of the molecule is C[C@@H](c1cccc(-c2cc(N(C)C)nc(N)n2)c1)N1CCCC1. The number of nitrogens with zero attached hydrogens (tertiary/aromatic N) is 4. The lowest BCUT2D eigenvalue weighted by atomic mass is 10.0. The Kier molecular flexibility index (Phi) is 4.48. The number of likely N-dealkylation sites (tertiary alicyclic amines) is 1. The third kappa shape index (κ3) is 3.45. The van der Waals surface area contributed by atoms with Gasteiger partial charge in [-0.1, -0.05) is 18.2 Å². The molecule has 0 aliphatic carbocycles. The summed E-state index contributed by atoms with van der Waals surface area (Å²) in [6.45, 7) is 4.66. The maximum absolute atomic E-state index is 5.87. The van der Waals surface area contributed by atoms with E-state index < -0.39 is 0 Å². The van der Waals surface area contributed by atoms with Crippen LogP contribution in [0.15, 0.2) is 30.3 Å². The summed E-state index contributed by atoms with van der Waals surface area (Å²) in [5.41, 5.74) is 9.16. The van der Waals surface area contributed by atoms with Crippen molar-refractivity contribution in [1.29, 1.82) is 0 Å². The number of nitrogens with two attached hydrogens (primary N) is 1. The Bertz CT molecular complexity index is 677. The number of benzene rings is 1. The molecule has 1 aromatic carbocycles. The maximum Gasteiger partial charge on any atom is 0.222 e. The highest BCUT2D eigenvalue weighted by Gasteiger charge is 2.19. The van der Waals surface area contributed by atoms with Crippen LogP contribution in [-0.2, 0) is 0 Å². The van der Waals surface area contributed by atoms with Crippen molar-refractivity contribution in [2.75, 3.05) is 37.8 Å². The number of aromatic nitrogens is 2. The molecular formula is C18H25N5. The first-order chi connectivity index (χ1) is 11.0. The Morgan fingerprint density at radius 1 is 1.13 bits per heavy atom. The van der Waals surface area contributed by atoms with Crippen LogP contribution in [0.4, 0.5) is 11.8 Å². The van der Waals surface area contributed by atoms with Gasteiger partial charge in [-0.3, -0.25) is 4.90 Å². The molecule has 2 heterocycles.